The van der Waals surface area contributed by atoms with E-state index in [1.165, 1.54) is 6.21 Å². The second-order valence-electron chi connectivity index (χ2n) is 2.71. The molecule has 0 aliphatic carbocycles. The van der Waals surface area contributed by atoms with Crippen molar-refractivity contribution in [3.63, 3.8) is 0 Å². The van der Waals surface area contributed by atoms with Crippen molar-refractivity contribution in [3.8, 4) is 0 Å². The molecule has 1 aromatic rings. The summed E-state index contributed by atoms with van der Waals surface area (Å²) < 4.78 is 0. The Morgan fingerprint density at radius 2 is 2.06 bits per heavy atom. The number of nitrogens with one attached hydrogen (secondary N) is 1. The van der Waals surface area contributed by atoms with Crippen LogP contribution in [0.25, 0.3) is 0 Å². The van der Waals surface area contributed by atoms with Crippen LogP contribution in [0.2, 0.25) is 10.0 Å². The fraction of sp³-hybridized carbons (Fsp3) is 0. The van der Waals surface area contributed by atoms with Crippen LogP contribution in [0.5, 0.6) is 0 Å². The monoisotopic (exact) mass is 259 g/mol. The molecule has 7 heteroatoms. The number of carbonyl (C=O) groups is 2. The van der Waals surface area contributed by atoms with Crippen LogP contribution < -0.4 is 11.2 Å². The van der Waals surface area contributed by atoms with Gasteiger partial charge >= 0.3 is 11.8 Å². The molecular formula is C9H7Cl2N3O2. The average molecular weight is 260 g/mol. The van der Waals surface area contributed by atoms with Crippen LogP contribution in [-0.2, 0) is 9.59 Å². The van der Waals surface area contributed by atoms with Gasteiger partial charge in [0.15, 0.2) is 0 Å². The number of carbonyl (C=O) groups excluding carboxylic acids is 2. The van der Waals surface area contributed by atoms with Crippen molar-refractivity contribution in [1.29, 1.82) is 0 Å². The van der Waals surface area contributed by atoms with E-state index < -0.39 is 11.8 Å². The second kappa shape index (κ2) is 5.48. The molecule has 0 aromatic heterocycles. The smallest absolute Gasteiger partial charge is 0.329 e. The molecule has 0 saturated heterocycles. The molecule has 0 heterocycles. The van der Waals surface area contributed by atoms with E-state index in [2.05, 4.69) is 5.10 Å². The van der Waals surface area contributed by atoms with Crippen molar-refractivity contribution < 1.29 is 9.59 Å². The largest absolute Gasteiger partial charge is 0.361 e. The number of nitrogens with two attached hydrogens (primary N) is 1. The van der Waals surface area contributed by atoms with Gasteiger partial charge in [0.1, 0.15) is 0 Å². The summed E-state index contributed by atoms with van der Waals surface area (Å²) in [6.07, 6.45) is 1.26. The summed E-state index contributed by atoms with van der Waals surface area (Å²) in [6.45, 7) is 0. The zero-order valence-corrected chi connectivity index (χ0v) is 9.42. The number of halogens is 2. The molecule has 84 valence electrons. The lowest BCUT2D eigenvalue weighted by Crippen LogP contribution is -2.32. The van der Waals surface area contributed by atoms with Gasteiger partial charge in [-0.2, -0.15) is 5.10 Å². The first kappa shape index (κ1) is 12.5. The summed E-state index contributed by atoms with van der Waals surface area (Å²) in [4.78, 5) is 21.1. The number of nitrogens with zero attached hydrogens (tertiary/aromatic N) is 1. The number of amides is 2. The summed E-state index contributed by atoms with van der Waals surface area (Å²) in [5.74, 6) is -2.12. The minimum Gasteiger partial charge on any atom is -0.361 e. The number of rotatable bonds is 2. The Kier molecular flexibility index (Phi) is 4.28. The highest BCUT2D eigenvalue weighted by atomic mass is 35.5. The summed E-state index contributed by atoms with van der Waals surface area (Å²) in [7, 11) is 0. The fourth-order valence-electron chi connectivity index (χ4n) is 0.836. The Balaban J connectivity index is 2.74. The Morgan fingerprint density at radius 1 is 1.38 bits per heavy atom. The topological polar surface area (TPSA) is 84.5 Å². The first-order chi connectivity index (χ1) is 7.52. The van der Waals surface area contributed by atoms with Crippen LogP contribution in [0, 0.1) is 0 Å². The molecule has 5 nitrogen and oxygen atoms in total. The minimum atomic E-state index is -1.12. The van der Waals surface area contributed by atoms with E-state index >= 15 is 0 Å². The highest BCUT2D eigenvalue weighted by Gasteiger charge is 2.06. The van der Waals surface area contributed by atoms with Crippen LogP contribution in [0.3, 0.4) is 0 Å². The zero-order chi connectivity index (χ0) is 12.1. The summed E-state index contributed by atoms with van der Waals surface area (Å²) in [5, 5.41) is 4.17. The highest BCUT2D eigenvalue weighted by molar-refractivity contribution is 6.43. The first-order valence-corrected chi connectivity index (χ1v) is 4.85. The van der Waals surface area contributed by atoms with Crippen molar-refractivity contribution in [2.75, 3.05) is 0 Å². The van der Waals surface area contributed by atoms with Gasteiger partial charge in [0, 0.05) is 5.56 Å². The van der Waals surface area contributed by atoms with E-state index in [9.17, 15) is 9.59 Å². The van der Waals surface area contributed by atoms with Crippen molar-refractivity contribution in [1.82, 2.24) is 5.43 Å². The average Bonchev–Trinajstić information content (AvgIpc) is 2.24. The number of primary amides is 1. The zero-order valence-electron chi connectivity index (χ0n) is 7.91. The molecule has 16 heavy (non-hydrogen) atoms. The SMILES string of the molecule is NC(=O)C(=O)NN=Cc1cccc(Cl)c1Cl. The van der Waals surface area contributed by atoms with Crippen molar-refractivity contribution in [2.24, 2.45) is 10.8 Å². The van der Waals surface area contributed by atoms with E-state index in [1.54, 1.807) is 18.2 Å². The molecule has 1 aromatic carbocycles. The minimum absolute atomic E-state index is 0.307. The molecule has 0 spiro atoms. The highest BCUT2D eigenvalue weighted by Crippen LogP contribution is 2.23. The number of benzene rings is 1. The Hall–Kier alpha value is -1.59. The Morgan fingerprint density at radius 3 is 2.69 bits per heavy atom. The van der Waals surface area contributed by atoms with E-state index in [4.69, 9.17) is 28.9 Å². The maximum atomic E-state index is 10.7. The molecule has 2 amide bonds. The van der Waals surface area contributed by atoms with Crippen molar-refractivity contribution in [2.45, 2.75) is 0 Å². The van der Waals surface area contributed by atoms with Crippen LogP contribution >= 0.6 is 23.2 Å². The molecule has 0 fully saturated rings. The van der Waals surface area contributed by atoms with E-state index in [0.29, 0.717) is 15.6 Å². The molecule has 0 saturated carbocycles. The molecule has 0 radical (unpaired) electrons. The molecule has 0 unspecified atom stereocenters. The molecule has 0 aliphatic rings. The standard InChI is InChI=1S/C9H7Cl2N3O2/c10-6-3-1-2-5(7(6)11)4-13-14-9(16)8(12)15/h1-4H,(H2,12,15)(H,14,16). The number of hydrazone groups is 1. The van der Waals surface area contributed by atoms with Crippen LogP contribution in [0.1, 0.15) is 5.56 Å². The van der Waals surface area contributed by atoms with Crippen LogP contribution in [-0.4, -0.2) is 18.0 Å². The molecule has 0 aliphatic heterocycles. The third-order valence-electron chi connectivity index (χ3n) is 1.57. The maximum Gasteiger partial charge on any atom is 0.329 e. The van der Waals surface area contributed by atoms with Gasteiger partial charge in [-0.1, -0.05) is 35.3 Å². The lowest BCUT2D eigenvalue weighted by molar-refractivity contribution is -0.137. The van der Waals surface area contributed by atoms with E-state index in [0.717, 1.165) is 0 Å². The van der Waals surface area contributed by atoms with Crippen molar-refractivity contribution in [3.05, 3.63) is 33.8 Å². The predicted molar refractivity (Wildman–Crippen MR) is 61.4 cm³/mol. The van der Waals surface area contributed by atoms with E-state index in [1.807, 2.05) is 5.43 Å². The Labute approximate surface area is 101 Å². The molecule has 3 N–H and O–H groups in total. The van der Waals surface area contributed by atoms with E-state index in [-0.39, 0.29) is 0 Å². The second-order valence-corrected chi connectivity index (χ2v) is 3.49. The normalized spacial score (nSPS) is 10.4. The van der Waals surface area contributed by atoms with Gasteiger partial charge in [0.05, 0.1) is 16.3 Å². The lowest BCUT2D eigenvalue weighted by Gasteiger charge is -1.99. The quantitative estimate of drug-likeness (QED) is 0.471. The number of hydrogen-bond donors (Lipinski definition) is 2. The summed E-state index contributed by atoms with van der Waals surface area (Å²) >= 11 is 11.6. The lowest BCUT2D eigenvalue weighted by atomic mass is 10.2. The molecular weight excluding hydrogens is 253 g/mol. The molecule has 1 rings (SSSR count). The maximum absolute atomic E-state index is 10.7. The van der Waals surface area contributed by atoms with Gasteiger partial charge in [0.2, 0.25) is 0 Å². The van der Waals surface area contributed by atoms with Gasteiger partial charge in [-0.3, -0.25) is 9.59 Å². The Bertz CT molecular complexity index is 460. The molecule has 0 atom stereocenters. The van der Waals surface area contributed by atoms with Crippen LogP contribution in [0.15, 0.2) is 23.3 Å². The van der Waals surface area contributed by atoms with Gasteiger partial charge in [0.25, 0.3) is 0 Å². The van der Waals surface area contributed by atoms with Crippen molar-refractivity contribution >= 4 is 41.2 Å². The molecule has 0 bridgehead atoms. The summed E-state index contributed by atoms with van der Waals surface area (Å²) in [6, 6.07) is 4.93. The van der Waals surface area contributed by atoms with Gasteiger partial charge in [-0.15, -0.1) is 0 Å². The van der Waals surface area contributed by atoms with Gasteiger partial charge in [-0.25, -0.2) is 5.43 Å². The summed E-state index contributed by atoms with van der Waals surface area (Å²) in [5.41, 5.74) is 7.14. The van der Waals surface area contributed by atoms with Crippen LogP contribution in [0.4, 0.5) is 0 Å². The third-order valence-corrected chi connectivity index (χ3v) is 2.41. The third kappa shape index (κ3) is 3.22. The first-order valence-electron chi connectivity index (χ1n) is 4.09. The fourth-order valence-corrected chi connectivity index (χ4v) is 1.19. The predicted octanol–water partition coefficient (Wildman–Crippen LogP) is 0.929. The van der Waals surface area contributed by atoms with Gasteiger partial charge in [-0.05, 0) is 6.07 Å². The van der Waals surface area contributed by atoms with Gasteiger partial charge < -0.3 is 5.73 Å². The number of hydrogen-bond acceptors (Lipinski definition) is 3.